The number of carbonyl (C=O) groups is 2. The van der Waals surface area contributed by atoms with E-state index >= 15 is 0 Å². The molecular weight excluding hydrogens is 340 g/mol. The minimum absolute atomic E-state index is 0.0230. The van der Waals surface area contributed by atoms with E-state index in [1.807, 2.05) is 43.3 Å². The Labute approximate surface area is 151 Å². The molecule has 2 aliphatic rings. The first kappa shape index (κ1) is 17.6. The summed E-state index contributed by atoms with van der Waals surface area (Å²) >= 11 is 5.33. The number of hydrogen-bond donors (Lipinski definition) is 2. The van der Waals surface area contributed by atoms with Crippen molar-refractivity contribution < 1.29 is 19.8 Å². The van der Waals surface area contributed by atoms with Crippen LogP contribution in [0.4, 0.5) is 0 Å². The fourth-order valence-corrected chi connectivity index (χ4v) is 3.74. The Kier molecular flexibility index (Phi) is 4.38. The van der Waals surface area contributed by atoms with Gasteiger partial charge in [0.15, 0.2) is 0 Å². The average Bonchev–Trinajstić information content (AvgIpc) is 2.89. The van der Waals surface area contributed by atoms with Gasteiger partial charge in [-0.1, -0.05) is 36.5 Å². The first-order valence-corrected chi connectivity index (χ1v) is 8.44. The number of aliphatic hydroxyl groups is 1. The van der Waals surface area contributed by atoms with E-state index in [-0.39, 0.29) is 17.6 Å². The zero-order valence-corrected chi connectivity index (χ0v) is 15.1. The minimum Gasteiger partial charge on any atom is -0.477 e. The molecule has 1 aromatic carbocycles. The summed E-state index contributed by atoms with van der Waals surface area (Å²) in [5.74, 6) is -1.98. The zero-order valence-electron chi connectivity index (χ0n) is 14.3. The highest BCUT2D eigenvalue weighted by atomic mass is 32.1. The summed E-state index contributed by atoms with van der Waals surface area (Å²) < 4.78 is 0. The number of aliphatic hydroxyl groups excluding tert-OH is 1. The number of rotatable bonds is 4. The molecule has 7 heteroatoms. The fourth-order valence-electron chi connectivity index (χ4n) is 3.60. The maximum absolute atomic E-state index is 12.2. The van der Waals surface area contributed by atoms with E-state index in [2.05, 4.69) is 0 Å². The molecule has 0 saturated carbocycles. The van der Waals surface area contributed by atoms with E-state index in [1.165, 1.54) is 4.90 Å². The van der Waals surface area contributed by atoms with E-state index in [0.29, 0.717) is 17.0 Å². The standard InChI is InChI=1S/C18H20N2O4S/c1-9(21)14-13-8-12(15(18(23)24)20(13)16(14)22)10-4-6-11(7-5-10)17(25)19(2)3/h4-7,9,13-14,21H,8H2,1-3H3,(H,23,24)/t9-,13-,14-/m1/s1. The third-order valence-corrected chi connectivity index (χ3v) is 5.42. The summed E-state index contributed by atoms with van der Waals surface area (Å²) in [5, 5.41) is 19.4. The van der Waals surface area contributed by atoms with Gasteiger partial charge in [0.05, 0.1) is 18.1 Å². The molecule has 6 nitrogen and oxygen atoms in total. The lowest BCUT2D eigenvalue weighted by atomic mass is 9.82. The highest BCUT2D eigenvalue weighted by molar-refractivity contribution is 7.80. The first-order valence-electron chi connectivity index (χ1n) is 8.03. The van der Waals surface area contributed by atoms with Gasteiger partial charge in [0.2, 0.25) is 5.91 Å². The highest BCUT2D eigenvalue weighted by Gasteiger charge is 2.56. The van der Waals surface area contributed by atoms with Crippen molar-refractivity contribution in [1.82, 2.24) is 9.80 Å². The molecule has 25 heavy (non-hydrogen) atoms. The topological polar surface area (TPSA) is 81.1 Å². The van der Waals surface area contributed by atoms with Crippen LogP contribution in [0.15, 0.2) is 30.0 Å². The number of aliphatic carboxylic acids is 1. The van der Waals surface area contributed by atoms with Crippen molar-refractivity contribution >= 4 is 34.7 Å². The number of carboxylic acids is 1. The minimum atomic E-state index is -1.12. The molecule has 0 radical (unpaired) electrons. The maximum Gasteiger partial charge on any atom is 0.352 e. The quantitative estimate of drug-likeness (QED) is 0.623. The van der Waals surface area contributed by atoms with Crippen LogP contribution >= 0.6 is 12.2 Å². The molecule has 3 atom stereocenters. The molecule has 0 aromatic heterocycles. The number of carbonyl (C=O) groups excluding carboxylic acids is 1. The SMILES string of the molecule is C[C@@H](O)[C@H]1C(=O)N2C(C(=O)O)=C(c3ccc(C(=S)N(C)C)cc3)C[C@H]12. The molecule has 3 rings (SSSR count). The summed E-state index contributed by atoms with van der Waals surface area (Å²) in [6.07, 6.45) is -0.358. The van der Waals surface area contributed by atoms with Gasteiger partial charge in [0, 0.05) is 19.7 Å². The highest BCUT2D eigenvalue weighted by Crippen LogP contribution is 2.46. The normalized spacial score (nSPS) is 23.2. The summed E-state index contributed by atoms with van der Waals surface area (Å²) in [6, 6.07) is 7.09. The van der Waals surface area contributed by atoms with Gasteiger partial charge >= 0.3 is 5.97 Å². The number of carboxylic acid groups (broad SMARTS) is 1. The molecule has 1 saturated heterocycles. The van der Waals surface area contributed by atoms with Crippen LogP contribution in [0.3, 0.4) is 0 Å². The lowest BCUT2D eigenvalue weighted by Crippen LogP contribution is -2.61. The van der Waals surface area contributed by atoms with Crippen LogP contribution in [0, 0.1) is 5.92 Å². The predicted molar refractivity (Wildman–Crippen MR) is 96.8 cm³/mol. The molecule has 2 aliphatic heterocycles. The molecule has 0 aliphatic carbocycles. The Morgan fingerprint density at radius 2 is 1.92 bits per heavy atom. The Balaban J connectivity index is 1.95. The second kappa shape index (κ2) is 6.24. The number of thiocarbonyl (C=S) groups is 1. The van der Waals surface area contributed by atoms with Crippen molar-refractivity contribution in [3.05, 3.63) is 41.1 Å². The van der Waals surface area contributed by atoms with Crippen molar-refractivity contribution in [1.29, 1.82) is 0 Å². The van der Waals surface area contributed by atoms with Crippen LogP contribution in [0.5, 0.6) is 0 Å². The van der Waals surface area contributed by atoms with E-state index in [1.54, 1.807) is 6.92 Å². The number of nitrogens with zero attached hydrogens (tertiary/aromatic N) is 2. The lowest BCUT2D eigenvalue weighted by molar-refractivity contribution is -0.161. The van der Waals surface area contributed by atoms with Gasteiger partial charge in [0.1, 0.15) is 10.7 Å². The van der Waals surface area contributed by atoms with Gasteiger partial charge in [-0.15, -0.1) is 0 Å². The molecule has 0 unspecified atom stereocenters. The smallest absolute Gasteiger partial charge is 0.352 e. The molecule has 132 valence electrons. The molecule has 0 spiro atoms. The number of hydrogen-bond acceptors (Lipinski definition) is 4. The third kappa shape index (κ3) is 2.73. The lowest BCUT2D eigenvalue weighted by Gasteiger charge is -2.44. The Hall–Kier alpha value is -2.25. The summed E-state index contributed by atoms with van der Waals surface area (Å²) in [5.41, 5.74) is 2.28. The van der Waals surface area contributed by atoms with E-state index in [9.17, 15) is 19.8 Å². The first-order chi connectivity index (χ1) is 11.7. The van der Waals surface area contributed by atoms with Crippen LogP contribution in [0.2, 0.25) is 0 Å². The maximum atomic E-state index is 12.2. The second-order valence-corrected chi connectivity index (χ2v) is 7.04. The molecule has 1 fully saturated rings. The van der Waals surface area contributed by atoms with E-state index < -0.39 is 18.0 Å². The Morgan fingerprint density at radius 3 is 2.40 bits per heavy atom. The molecular formula is C18H20N2O4S. The van der Waals surface area contributed by atoms with Crippen molar-refractivity contribution in [3.8, 4) is 0 Å². The van der Waals surface area contributed by atoms with Crippen molar-refractivity contribution in [2.24, 2.45) is 5.92 Å². The third-order valence-electron chi connectivity index (χ3n) is 4.82. The van der Waals surface area contributed by atoms with Crippen LogP contribution < -0.4 is 0 Å². The molecule has 0 bridgehead atoms. The second-order valence-electron chi connectivity index (χ2n) is 6.66. The van der Waals surface area contributed by atoms with Gasteiger partial charge in [-0.2, -0.15) is 0 Å². The van der Waals surface area contributed by atoms with Gasteiger partial charge < -0.3 is 20.0 Å². The Bertz CT molecular complexity index is 783. The molecule has 2 N–H and O–H groups in total. The number of benzene rings is 1. The average molecular weight is 360 g/mol. The van der Waals surface area contributed by atoms with Crippen molar-refractivity contribution in [3.63, 3.8) is 0 Å². The number of fused-ring (bicyclic) bond motifs is 1. The predicted octanol–water partition coefficient (Wildman–Crippen LogP) is 1.33. The zero-order chi connectivity index (χ0) is 18.5. The molecule has 1 amide bonds. The monoisotopic (exact) mass is 360 g/mol. The summed E-state index contributed by atoms with van der Waals surface area (Å²) in [6.45, 7) is 1.56. The van der Waals surface area contributed by atoms with Crippen LogP contribution in [-0.4, -0.2) is 63.1 Å². The Morgan fingerprint density at radius 1 is 1.32 bits per heavy atom. The van der Waals surface area contributed by atoms with E-state index in [4.69, 9.17) is 12.2 Å². The van der Waals surface area contributed by atoms with Crippen molar-refractivity contribution in [2.45, 2.75) is 25.5 Å². The van der Waals surface area contributed by atoms with Gasteiger partial charge in [-0.3, -0.25) is 4.79 Å². The molecule has 2 heterocycles. The molecule has 1 aromatic rings. The summed E-state index contributed by atoms with van der Waals surface area (Å²) in [4.78, 5) is 27.8. The van der Waals surface area contributed by atoms with Gasteiger partial charge in [-0.05, 0) is 24.5 Å². The fraction of sp³-hybridized carbons (Fsp3) is 0.389. The van der Waals surface area contributed by atoms with Crippen LogP contribution in [0.1, 0.15) is 24.5 Å². The largest absolute Gasteiger partial charge is 0.477 e. The van der Waals surface area contributed by atoms with Gasteiger partial charge in [0.25, 0.3) is 0 Å². The van der Waals surface area contributed by atoms with E-state index in [0.717, 1.165) is 11.1 Å². The number of β-lactam (4-membered cyclic amide) rings is 1. The van der Waals surface area contributed by atoms with Crippen molar-refractivity contribution in [2.75, 3.05) is 14.1 Å². The van der Waals surface area contributed by atoms with Crippen LogP contribution in [-0.2, 0) is 9.59 Å². The van der Waals surface area contributed by atoms with Crippen LogP contribution in [0.25, 0.3) is 5.57 Å². The number of amides is 1. The van der Waals surface area contributed by atoms with Gasteiger partial charge in [-0.25, -0.2) is 4.79 Å². The summed E-state index contributed by atoms with van der Waals surface area (Å²) in [7, 11) is 3.73.